The van der Waals surface area contributed by atoms with Crippen molar-refractivity contribution in [3.8, 4) is 11.4 Å². The topological polar surface area (TPSA) is 99.8 Å². The molecule has 1 N–H and O–H groups in total. The summed E-state index contributed by atoms with van der Waals surface area (Å²) in [4.78, 5) is 16.5. The van der Waals surface area contributed by atoms with Crippen LogP contribution in [0.1, 0.15) is 19.2 Å². The molecule has 25 heavy (non-hydrogen) atoms. The van der Waals surface area contributed by atoms with Gasteiger partial charge in [-0.15, -0.1) is 5.10 Å². The van der Waals surface area contributed by atoms with Crippen LogP contribution in [0.5, 0.6) is 5.75 Å². The lowest BCUT2D eigenvalue weighted by Gasteiger charge is -2.12. The Morgan fingerprint density at radius 1 is 1.36 bits per heavy atom. The minimum atomic E-state index is -0.0933. The molecule has 3 aromatic rings. The average Bonchev–Trinajstić information content (AvgIpc) is 3.31. The summed E-state index contributed by atoms with van der Waals surface area (Å²) in [6.07, 6.45) is 6.30. The van der Waals surface area contributed by atoms with Crippen LogP contribution in [0.4, 0.5) is 5.69 Å². The Balaban J connectivity index is 1.66. The van der Waals surface area contributed by atoms with E-state index in [0.717, 1.165) is 17.9 Å². The third-order valence-electron chi connectivity index (χ3n) is 3.77. The molecule has 0 spiro atoms. The maximum atomic E-state index is 12.3. The van der Waals surface area contributed by atoms with Crippen molar-refractivity contribution in [3.63, 3.8) is 0 Å². The minimum absolute atomic E-state index is 0.0933. The maximum absolute atomic E-state index is 12.3. The van der Waals surface area contributed by atoms with Crippen molar-refractivity contribution in [2.24, 2.45) is 0 Å². The van der Waals surface area contributed by atoms with Crippen molar-refractivity contribution >= 4 is 11.6 Å². The minimum Gasteiger partial charge on any atom is -0.494 e. The van der Waals surface area contributed by atoms with Gasteiger partial charge in [0.2, 0.25) is 5.91 Å². The van der Waals surface area contributed by atoms with Gasteiger partial charge in [0.15, 0.2) is 0 Å². The Kier molecular flexibility index (Phi) is 5.03. The van der Waals surface area contributed by atoms with Gasteiger partial charge in [-0.2, -0.15) is 0 Å². The highest BCUT2D eigenvalue weighted by Crippen LogP contribution is 2.27. The molecule has 0 saturated heterocycles. The average molecular weight is 341 g/mol. The van der Waals surface area contributed by atoms with E-state index in [0.29, 0.717) is 24.4 Å². The Bertz CT molecular complexity index is 842. The van der Waals surface area contributed by atoms with Gasteiger partial charge in [-0.1, -0.05) is 6.92 Å². The summed E-state index contributed by atoms with van der Waals surface area (Å²) in [5, 5.41) is 13.9. The number of imidazole rings is 1. The molecular weight excluding hydrogens is 322 g/mol. The first-order chi connectivity index (χ1) is 12.2. The van der Waals surface area contributed by atoms with Gasteiger partial charge in [0.05, 0.1) is 18.5 Å². The molecule has 3 rings (SSSR count). The smallest absolute Gasteiger partial charge is 0.226 e. The fourth-order valence-corrected chi connectivity index (χ4v) is 2.50. The van der Waals surface area contributed by atoms with E-state index in [1.165, 1.54) is 11.0 Å². The Hall–Kier alpha value is -3.23. The normalized spacial score (nSPS) is 10.6. The summed E-state index contributed by atoms with van der Waals surface area (Å²) in [5.74, 6) is 1.42. The number of nitrogens with one attached hydrogen (secondary N) is 1. The van der Waals surface area contributed by atoms with Gasteiger partial charge in [0, 0.05) is 37.8 Å². The van der Waals surface area contributed by atoms with Gasteiger partial charge in [-0.25, -0.2) is 9.67 Å². The van der Waals surface area contributed by atoms with Crippen molar-refractivity contribution in [1.82, 2.24) is 29.8 Å². The molecule has 0 radical (unpaired) electrons. The molecule has 2 aromatic heterocycles. The quantitative estimate of drug-likeness (QED) is 0.698. The summed E-state index contributed by atoms with van der Waals surface area (Å²) in [7, 11) is 1.55. The van der Waals surface area contributed by atoms with Crippen molar-refractivity contribution in [2.75, 3.05) is 12.4 Å². The summed E-state index contributed by atoms with van der Waals surface area (Å²) in [5.41, 5.74) is 1.34. The Labute approximate surface area is 144 Å². The molecule has 2 heterocycles. The first kappa shape index (κ1) is 16.6. The largest absolute Gasteiger partial charge is 0.494 e. The molecule has 130 valence electrons. The number of amides is 1. The van der Waals surface area contributed by atoms with E-state index in [2.05, 4.69) is 25.8 Å². The first-order valence-electron chi connectivity index (χ1n) is 7.92. The third kappa shape index (κ3) is 3.82. The second-order valence-electron chi connectivity index (χ2n) is 5.33. The molecule has 9 heteroatoms. The lowest BCUT2D eigenvalue weighted by Crippen LogP contribution is -2.16. The molecular formula is C16H19N7O2. The molecule has 1 aromatic carbocycles. The van der Waals surface area contributed by atoms with Crippen LogP contribution in [0.3, 0.4) is 0 Å². The summed E-state index contributed by atoms with van der Waals surface area (Å²) >= 11 is 0. The zero-order chi connectivity index (χ0) is 17.6. The first-order valence-corrected chi connectivity index (χ1v) is 7.92. The van der Waals surface area contributed by atoms with Crippen LogP contribution in [0.15, 0.2) is 36.9 Å². The highest BCUT2D eigenvalue weighted by molar-refractivity contribution is 5.92. The van der Waals surface area contributed by atoms with Crippen molar-refractivity contribution in [1.29, 1.82) is 0 Å². The number of benzene rings is 1. The van der Waals surface area contributed by atoms with Crippen LogP contribution in [0.25, 0.3) is 5.69 Å². The predicted molar refractivity (Wildman–Crippen MR) is 90.6 cm³/mol. The monoisotopic (exact) mass is 341 g/mol. The second-order valence-corrected chi connectivity index (χ2v) is 5.33. The number of carbonyl (C=O) groups is 1. The number of tetrazole rings is 1. The number of hydrogen-bond donors (Lipinski definition) is 1. The number of hydrogen-bond acceptors (Lipinski definition) is 6. The molecule has 0 bridgehead atoms. The van der Waals surface area contributed by atoms with Crippen LogP contribution < -0.4 is 10.1 Å². The van der Waals surface area contributed by atoms with Gasteiger partial charge in [0.1, 0.15) is 17.9 Å². The number of anilines is 1. The van der Waals surface area contributed by atoms with E-state index in [1.807, 2.05) is 17.7 Å². The van der Waals surface area contributed by atoms with E-state index in [-0.39, 0.29) is 5.91 Å². The SMILES string of the molecule is CCc1nccn1CCC(=O)Nc1ccc(-n2cnnn2)cc1OC. The molecule has 0 saturated carbocycles. The lowest BCUT2D eigenvalue weighted by atomic mass is 10.2. The Morgan fingerprint density at radius 2 is 2.24 bits per heavy atom. The van der Waals surface area contributed by atoms with E-state index in [9.17, 15) is 4.79 Å². The zero-order valence-electron chi connectivity index (χ0n) is 14.1. The molecule has 0 aliphatic rings. The number of nitrogens with zero attached hydrogens (tertiary/aromatic N) is 6. The third-order valence-corrected chi connectivity index (χ3v) is 3.77. The number of carbonyl (C=O) groups excluding carboxylic acids is 1. The molecule has 0 aliphatic heterocycles. The standard InChI is InChI=1S/C16H19N7O2/c1-3-15-17-7-9-22(15)8-6-16(24)19-13-5-4-12(10-14(13)25-2)23-11-18-20-21-23/h4-5,7,9-11H,3,6,8H2,1-2H3,(H,19,24). The molecule has 9 nitrogen and oxygen atoms in total. The van der Waals surface area contributed by atoms with Crippen LogP contribution in [-0.2, 0) is 17.8 Å². The van der Waals surface area contributed by atoms with Crippen LogP contribution in [0, 0.1) is 0 Å². The summed E-state index contributed by atoms with van der Waals surface area (Å²) < 4.78 is 8.86. The van der Waals surface area contributed by atoms with Crippen molar-refractivity contribution in [3.05, 3.63) is 42.7 Å². The highest BCUT2D eigenvalue weighted by atomic mass is 16.5. The van der Waals surface area contributed by atoms with Crippen LogP contribution in [-0.4, -0.2) is 42.8 Å². The van der Waals surface area contributed by atoms with Crippen molar-refractivity contribution in [2.45, 2.75) is 26.3 Å². The molecule has 1 amide bonds. The van der Waals surface area contributed by atoms with Gasteiger partial charge < -0.3 is 14.6 Å². The molecule has 0 aliphatic carbocycles. The van der Waals surface area contributed by atoms with E-state index < -0.39 is 0 Å². The number of methoxy groups -OCH3 is 1. The number of aryl methyl sites for hydroxylation is 2. The molecule has 0 atom stereocenters. The summed E-state index contributed by atoms with van der Waals surface area (Å²) in [6, 6.07) is 5.33. The number of ether oxygens (including phenoxy) is 1. The zero-order valence-corrected chi connectivity index (χ0v) is 14.1. The highest BCUT2D eigenvalue weighted by Gasteiger charge is 2.11. The fourth-order valence-electron chi connectivity index (χ4n) is 2.50. The van der Waals surface area contributed by atoms with Gasteiger partial charge in [-0.3, -0.25) is 4.79 Å². The Morgan fingerprint density at radius 3 is 2.96 bits per heavy atom. The maximum Gasteiger partial charge on any atom is 0.226 e. The van der Waals surface area contributed by atoms with Crippen molar-refractivity contribution < 1.29 is 9.53 Å². The van der Waals surface area contributed by atoms with E-state index >= 15 is 0 Å². The van der Waals surface area contributed by atoms with E-state index in [4.69, 9.17) is 4.74 Å². The lowest BCUT2D eigenvalue weighted by molar-refractivity contribution is -0.116. The van der Waals surface area contributed by atoms with Gasteiger partial charge >= 0.3 is 0 Å². The number of rotatable bonds is 7. The molecule has 0 fully saturated rings. The van der Waals surface area contributed by atoms with Crippen LogP contribution in [0.2, 0.25) is 0 Å². The van der Waals surface area contributed by atoms with Gasteiger partial charge in [-0.05, 0) is 22.6 Å². The van der Waals surface area contributed by atoms with Crippen LogP contribution >= 0.6 is 0 Å². The van der Waals surface area contributed by atoms with E-state index in [1.54, 1.807) is 31.5 Å². The predicted octanol–water partition coefficient (Wildman–Crippen LogP) is 1.46. The van der Waals surface area contributed by atoms with Gasteiger partial charge in [0.25, 0.3) is 0 Å². The number of aromatic nitrogens is 6. The fraction of sp³-hybridized carbons (Fsp3) is 0.312. The summed E-state index contributed by atoms with van der Waals surface area (Å²) in [6.45, 7) is 2.62. The molecule has 0 unspecified atom stereocenters. The second kappa shape index (κ2) is 7.56.